The first-order valence-electron chi connectivity index (χ1n) is 11.1. The second-order valence-electron chi connectivity index (χ2n) is 8.41. The summed E-state index contributed by atoms with van der Waals surface area (Å²) in [5.74, 6) is 1.61. The molecule has 0 aromatic carbocycles. The van der Waals surface area contributed by atoms with E-state index in [1.807, 2.05) is 18.4 Å². The highest BCUT2D eigenvalue weighted by Gasteiger charge is 2.31. The fourth-order valence-corrected chi connectivity index (χ4v) is 5.66. The monoisotopic (exact) mass is 405 g/mol. The van der Waals surface area contributed by atoms with E-state index >= 15 is 0 Å². The number of likely N-dealkylation sites (tertiary alicyclic amines) is 2. The van der Waals surface area contributed by atoms with Crippen LogP contribution in [0, 0.1) is 5.92 Å². The quantitative estimate of drug-likeness (QED) is 0.538. The van der Waals surface area contributed by atoms with Gasteiger partial charge in [0.05, 0.1) is 0 Å². The minimum atomic E-state index is 0.529. The number of thiophene rings is 1. The molecule has 2 saturated heterocycles. The van der Waals surface area contributed by atoms with Crippen molar-refractivity contribution in [1.82, 2.24) is 20.4 Å². The van der Waals surface area contributed by atoms with E-state index in [0.29, 0.717) is 18.0 Å². The largest absolute Gasteiger partial charge is 0.356 e. The van der Waals surface area contributed by atoms with Gasteiger partial charge >= 0.3 is 0 Å². The summed E-state index contributed by atoms with van der Waals surface area (Å²) in [6, 6.07) is 5.55. The lowest BCUT2D eigenvalue weighted by molar-refractivity contribution is 0.125. The van der Waals surface area contributed by atoms with Crippen LogP contribution >= 0.6 is 11.3 Å². The minimum Gasteiger partial charge on any atom is -0.356 e. The Morgan fingerprint density at radius 3 is 2.75 bits per heavy atom. The van der Waals surface area contributed by atoms with Gasteiger partial charge in [0.1, 0.15) is 0 Å². The minimum absolute atomic E-state index is 0.529. The number of piperidine rings is 2. The summed E-state index contributed by atoms with van der Waals surface area (Å²) in [5, 5.41) is 9.54. The van der Waals surface area contributed by atoms with Crippen LogP contribution in [-0.2, 0) is 0 Å². The Labute approximate surface area is 175 Å². The van der Waals surface area contributed by atoms with Gasteiger partial charge in [0, 0.05) is 43.6 Å². The van der Waals surface area contributed by atoms with E-state index in [1.54, 1.807) is 0 Å². The fraction of sp³-hybridized carbons (Fsp3) is 0.773. The number of aliphatic imine (C=N–C) groups is 1. The molecular weight excluding hydrogens is 366 g/mol. The van der Waals surface area contributed by atoms with Crippen LogP contribution in [0.1, 0.15) is 56.4 Å². The average molecular weight is 406 g/mol. The average Bonchev–Trinajstić information content (AvgIpc) is 3.24. The van der Waals surface area contributed by atoms with Crippen molar-refractivity contribution in [1.29, 1.82) is 0 Å². The molecular formula is C22H39N5S. The summed E-state index contributed by atoms with van der Waals surface area (Å²) in [7, 11) is 4.17. The third-order valence-corrected chi connectivity index (χ3v) is 7.30. The zero-order chi connectivity index (χ0) is 19.8. The Morgan fingerprint density at radius 1 is 1.25 bits per heavy atom. The van der Waals surface area contributed by atoms with Crippen LogP contribution in [0.25, 0.3) is 0 Å². The molecule has 1 aromatic rings. The highest BCUT2D eigenvalue weighted by molar-refractivity contribution is 7.10. The number of guanidine groups is 1. The predicted octanol–water partition coefficient (Wildman–Crippen LogP) is 3.56. The van der Waals surface area contributed by atoms with Gasteiger partial charge in [-0.15, -0.1) is 11.3 Å². The number of hydrogen-bond donors (Lipinski definition) is 2. The number of hydrogen-bond acceptors (Lipinski definition) is 4. The highest BCUT2D eigenvalue weighted by Crippen LogP contribution is 2.36. The van der Waals surface area contributed by atoms with Crippen LogP contribution < -0.4 is 10.6 Å². The molecule has 3 heterocycles. The van der Waals surface area contributed by atoms with E-state index in [-0.39, 0.29) is 0 Å². The molecule has 2 unspecified atom stereocenters. The Kier molecular flexibility index (Phi) is 8.62. The smallest absolute Gasteiger partial charge is 0.191 e. The molecule has 3 rings (SSSR count). The molecule has 5 nitrogen and oxygen atoms in total. The van der Waals surface area contributed by atoms with E-state index in [9.17, 15) is 0 Å². The van der Waals surface area contributed by atoms with Crippen molar-refractivity contribution >= 4 is 17.3 Å². The molecule has 2 fully saturated rings. The summed E-state index contributed by atoms with van der Waals surface area (Å²) < 4.78 is 0. The van der Waals surface area contributed by atoms with Crippen molar-refractivity contribution in [2.24, 2.45) is 10.9 Å². The van der Waals surface area contributed by atoms with Gasteiger partial charge in [-0.2, -0.15) is 0 Å². The van der Waals surface area contributed by atoms with Gasteiger partial charge in [-0.05, 0) is 69.6 Å². The van der Waals surface area contributed by atoms with Crippen LogP contribution in [0.4, 0.5) is 0 Å². The van der Waals surface area contributed by atoms with E-state index < -0.39 is 0 Å². The van der Waals surface area contributed by atoms with Gasteiger partial charge in [-0.1, -0.05) is 19.4 Å². The molecule has 0 amide bonds. The molecule has 2 atom stereocenters. The number of unbranched alkanes of at least 4 members (excludes halogenated alkanes) is 1. The van der Waals surface area contributed by atoms with Crippen molar-refractivity contribution in [2.75, 3.05) is 46.8 Å². The molecule has 0 aliphatic carbocycles. The lowest BCUT2D eigenvalue weighted by Crippen LogP contribution is -2.50. The van der Waals surface area contributed by atoms with Gasteiger partial charge in [-0.25, -0.2) is 0 Å². The van der Waals surface area contributed by atoms with Gasteiger partial charge in [0.15, 0.2) is 5.96 Å². The number of nitrogens with zero attached hydrogens (tertiary/aromatic N) is 3. The summed E-state index contributed by atoms with van der Waals surface area (Å²) in [6.07, 6.45) is 7.61. The van der Waals surface area contributed by atoms with Gasteiger partial charge in [-0.3, -0.25) is 9.89 Å². The lowest BCUT2D eigenvalue weighted by Gasteiger charge is -2.39. The topological polar surface area (TPSA) is 42.9 Å². The summed E-state index contributed by atoms with van der Waals surface area (Å²) in [6.45, 7) is 8.14. The standard InChI is InChI=1S/C22H39N5S/c1-4-5-13-27-14-10-19(11-15-27)25-22(23-2)24-17-18-8-6-12-26(3)21(18)20-9-7-16-28-20/h7,9,16,18-19,21H,4-6,8,10-15,17H2,1-3H3,(H2,23,24,25). The maximum absolute atomic E-state index is 4.51. The Balaban J connectivity index is 1.47. The molecule has 0 bridgehead atoms. The highest BCUT2D eigenvalue weighted by atomic mass is 32.1. The maximum Gasteiger partial charge on any atom is 0.191 e. The third kappa shape index (κ3) is 5.94. The second-order valence-corrected chi connectivity index (χ2v) is 9.39. The van der Waals surface area contributed by atoms with Crippen molar-refractivity contribution in [2.45, 2.75) is 57.5 Å². The van der Waals surface area contributed by atoms with Crippen LogP contribution in [-0.4, -0.2) is 68.6 Å². The Bertz CT molecular complexity index is 580. The summed E-state index contributed by atoms with van der Waals surface area (Å²) >= 11 is 1.89. The molecule has 0 saturated carbocycles. The molecule has 2 N–H and O–H groups in total. The van der Waals surface area contributed by atoms with Gasteiger partial charge in [0.2, 0.25) is 0 Å². The number of nitrogens with one attached hydrogen (secondary N) is 2. The number of rotatable bonds is 7. The molecule has 2 aliphatic rings. The van der Waals surface area contributed by atoms with Crippen molar-refractivity contribution in [3.8, 4) is 0 Å². The van der Waals surface area contributed by atoms with Crippen LogP contribution in [0.2, 0.25) is 0 Å². The molecule has 1 aromatic heterocycles. The first-order valence-corrected chi connectivity index (χ1v) is 12.0. The summed E-state index contributed by atoms with van der Waals surface area (Å²) in [5.41, 5.74) is 0. The Morgan fingerprint density at radius 2 is 2.07 bits per heavy atom. The van der Waals surface area contributed by atoms with Crippen molar-refractivity contribution in [3.05, 3.63) is 22.4 Å². The SMILES string of the molecule is CCCCN1CCC(NC(=NC)NCC2CCCN(C)C2c2cccs2)CC1. The Hall–Kier alpha value is -1.11. The molecule has 0 radical (unpaired) electrons. The molecule has 6 heteroatoms. The summed E-state index contributed by atoms with van der Waals surface area (Å²) in [4.78, 5) is 11.2. The molecule has 0 spiro atoms. The van der Waals surface area contributed by atoms with Gasteiger partial charge < -0.3 is 15.5 Å². The van der Waals surface area contributed by atoms with Crippen molar-refractivity contribution in [3.63, 3.8) is 0 Å². The maximum atomic E-state index is 4.51. The van der Waals surface area contributed by atoms with E-state index in [4.69, 9.17) is 0 Å². The molecule has 2 aliphatic heterocycles. The zero-order valence-corrected chi connectivity index (χ0v) is 18.8. The lowest BCUT2D eigenvalue weighted by atomic mass is 9.88. The van der Waals surface area contributed by atoms with Gasteiger partial charge in [0.25, 0.3) is 0 Å². The molecule has 28 heavy (non-hydrogen) atoms. The normalized spacial score (nSPS) is 25.8. The first kappa shape index (κ1) is 21.6. The predicted molar refractivity (Wildman–Crippen MR) is 121 cm³/mol. The van der Waals surface area contributed by atoms with E-state index in [1.165, 1.54) is 69.6 Å². The second kappa shape index (κ2) is 11.2. The zero-order valence-electron chi connectivity index (χ0n) is 18.0. The third-order valence-electron chi connectivity index (χ3n) is 6.35. The first-order chi connectivity index (χ1) is 13.7. The van der Waals surface area contributed by atoms with Crippen LogP contribution in [0.5, 0.6) is 0 Å². The molecule has 158 valence electrons. The van der Waals surface area contributed by atoms with Crippen molar-refractivity contribution < 1.29 is 0 Å². The van der Waals surface area contributed by atoms with Crippen LogP contribution in [0.15, 0.2) is 22.5 Å². The fourth-order valence-electron chi connectivity index (χ4n) is 4.68. The van der Waals surface area contributed by atoms with E-state index in [0.717, 1.165) is 12.5 Å². The van der Waals surface area contributed by atoms with E-state index in [2.05, 4.69) is 56.9 Å². The van der Waals surface area contributed by atoms with Crippen LogP contribution in [0.3, 0.4) is 0 Å².